The van der Waals surface area contributed by atoms with E-state index in [1.165, 1.54) is 0 Å². The van der Waals surface area contributed by atoms with Gasteiger partial charge in [0.2, 0.25) is 5.91 Å². The van der Waals surface area contributed by atoms with Gasteiger partial charge in [0.15, 0.2) is 0 Å². The Balaban J connectivity index is 1.99. The Hall–Kier alpha value is -1.86. The zero-order valence-electron chi connectivity index (χ0n) is 10.3. The van der Waals surface area contributed by atoms with Gasteiger partial charge >= 0.3 is 0 Å². The van der Waals surface area contributed by atoms with E-state index in [0.717, 1.165) is 16.8 Å². The van der Waals surface area contributed by atoms with Gasteiger partial charge in [-0.2, -0.15) is 5.26 Å². The van der Waals surface area contributed by atoms with E-state index < -0.39 is 0 Å². The van der Waals surface area contributed by atoms with E-state index in [-0.39, 0.29) is 11.3 Å². The molecular formula is C14H14N2O2. The summed E-state index contributed by atoms with van der Waals surface area (Å²) in [5, 5.41) is 8.94. The number of fused-ring (bicyclic) bond motifs is 1. The summed E-state index contributed by atoms with van der Waals surface area (Å²) < 4.78 is 5.28. The van der Waals surface area contributed by atoms with Crippen LogP contribution in [0, 0.1) is 11.3 Å². The molecule has 0 atom stereocenters. The van der Waals surface area contributed by atoms with Crippen LogP contribution in [0.1, 0.15) is 17.5 Å². The van der Waals surface area contributed by atoms with Gasteiger partial charge in [-0.3, -0.25) is 4.79 Å². The molecule has 0 unspecified atom stereocenters. The van der Waals surface area contributed by atoms with Crippen molar-refractivity contribution in [3.63, 3.8) is 0 Å². The molecule has 0 bridgehead atoms. The lowest BCUT2D eigenvalue weighted by Crippen LogP contribution is -2.46. The van der Waals surface area contributed by atoms with E-state index in [4.69, 9.17) is 10.00 Å². The van der Waals surface area contributed by atoms with Gasteiger partial charge in [0.25, 0.3) is 0 Å². The Labute approximate surface area is 106 Å². The molecule has 0 saturated carbocycles. The molecule has 3 rings (SSSR count). The second-order valence-electron chi connectivity index (χ2n) is 5.08. The fourth-order valence-electron chi connectivity index (χ4n) is 2.67. The molecule has 1 amide bonds. The number of nitrogens with zero attached hydrogens (tertiary/aromatic N) is 2. The molecule has 4 heteroatoms. The van der Waals surface area contributed by atoms with E-state index in [0.29, 0.717) is 26.1 Å². The van der Waals surface area contributed by atoms with Crippen LogP contribution in [0.25, 0.3) is 0 Å². The summed E-state index contributed by atoms with van der Waals surface area (Å²) in [5.41, 5.74) is 3.01. The molecule has 2 aliphatic rings. The Morgan fingerprint density at radius 3 is 2.89 bits per heavy atom. The van der Waals surface area contributed by atoms with Gasteiger partial charge in [0.05, 0.1) is 31.1 Å². The average Bonchev–Trinajstić information content (AvgIpc) is 2.59. The third-order valence-electron chi connectivity index (χ3n) is 3.94. The molecule has 0 aromatic heterocycles. The maximum atomic E-state index is 11.7. The van der Waals surface area contributed by atoms with Crippen molar-refractivity contribution in [3.8, 4) is 6.07 Å². The monoisotopic (exact) mass is 242 g/mol. The minimum absolute atomic E-state index is 0.126. The lowest BCUT2D eigenvalue weighted by atomic mass is 9.76. The molecule has 1 fully saturated rings. The Morgan fingerprint density at radius 1 is 1.50 bits per heavy atom. The number of hydrogen-bond acceptors (Lipinski definition) is 3. The number of benzene rings is 1. The third-order valence-corrected chi connectivity index (χ3v) is 3.94. The number of ether oxygens (including phenoxy) is 1. The molecule has 1 aromatic carbocycles. The molecule has 4 nitrogen and oxygen atoms in total. The van der Waals surface area contributed by atoms with E-state index in [9.17, 15) is 4.79 Å². The topological polar surface area (TPSA) is 53.3 Å². The lowest BCUT2D eigenvalue weighted by molar-refractivity contribution is -0.117. The molecule has 0 aliphatic carbocycles. The highest BCUT2D eigenvalue weighted by molar-refractivity contribution is 6.00. The van der Waals surface area contributed by atoms with Gasteiger partial charge < -0.3 is 9.64 Å². The number of nitriles is 1. The van der Waals surface area contributed by atoms with Crippen LogP contribution in [0.5, 0.6) is 0 Å². The first-order valence-corrected chi connectivity index (χ1v) is 6.01. The molecule has 18 heavy (non-hydrogen) atoms. The maximum absolute atomic E-state index is 11.7. The van der Waals surface area contributed by atoms with E-state index >= 15 is 0 Å². The second-order valence-corrected chi connectivity index (χ2v) is 5.08. The Kier molecular flexibility index (Phi) is 2.39. The zero-order valence-corrected chi connectivity index (χ0v) is 10.3. The highest BCUT2D eigenvalue weighted by atomic mass is 16.5. The highest BCUT2D eigenvalue weighted by Crippen LogP contribution is 2.38. The first-order chi connectivity index (χ1) is 8.66. The summed E-state index contributed by atoms with van der Waals surface area (Å²) in [7, 11) is 1.80. The SMILES string of the molecule is CN1C(=O)Cc2cc(C3(CC#N)COC3)ccc21. The fraction of sp³-hybridized carbons (Fsp3) is 0.429. The molecule has 2 heterocycles. The van der Waals surface area contributed by atoms with Crippen molar-refractivity contribution in [2.75, 3.05) is 25.2 Å². The van der Waals surface area contributed by atoms with Crippen molar-refractivity contribution in [1.29, 1.82) is 5.26 Å². The van der Waals surface area contributed by atoms with Crippen LogP contribution in [0.15, 0.2) is 18.2 Å². The minimum atomic E-state index is -0.159. The van der Waals surface area contributed by atoms with Crippen molar-refractivity contribution in [1.82, 2.24) is 0 Å². The van der Waals surface area contributed by atoms with Gasteiger partial charge in [-0.15, -0.1) is 0 Å². The first kappa shape index (κ1) is 11.2. The highest BCUT2D eigenvalue weighted by Gasteiger charge is 2.41. The summed E-state index contributed by atoms with van der Waals surface area (Å²) >= 11 is 0. The average molecular weight is 242 g/mol. The largest absolute Gasteiger partial charge is 0.379 e. The van der Waals surface area contributed by atoms with Gasteiger partial charge in [-0.05, 0) is 17.2 Å². The predicted octanol–water partition coefficient (Wildman–Crippen LogP) is 1.39. The van der Waals surface area contributed by atoms with Crippen LogP contribution in [0.4, 0.5) is 5.69 Å². The summed E-state index contributed by atoms with van der Waals surface area (Å²) in [6, 6.07) is 8.30. The zero-order chi connectivity index (χ0) is 12.8. The van der Waals surface area contributed by atoms with Crippen molar-refractivity contribution < 1.29 is 9.53 Å². The molecule has 92 valence electrons. The van der Waals surface area contributed by atoms with Crippen LogP contribution in [-0.4, -0.2) is 26.2 Å². The van der Waals surface area contributed by atoms with Crippen LogP contribution >= 0.6 is 0 Å². The quantitative estimate of drug-likeness (QED) is 0.787. The van der Waals surface area contributed by atoms with Gasteiger partial charge in [0, 0.05) is 19.2 Å². The number of carbonyl (C=O) groups excluding carboxylic acids is 1. The van der Waals surface area contributed by atoms with Gasteiger partial charge in [-0.1, -0.05) is 12.1 Å². The predicted molar refractivity (Wildman–Crippen MR) is 66.3 cm³/mol. The molecule has 0 spiro atoms. The standard InChI is InChI=1S/C14H14N2O2/c1-16-12-3-2-11(6-10(12)7-13(16)17)14(4-5-15)8-18-9-14/h2-3,6H,4,7-9H2,1H3. The number of rotatable bonds is 2. The van der Waals surface area contributed by atoms with Crippen molar-refractivity contribution in [3.05, 3.63) is 29.3 Å². The number of anilines is 1. The molecule has 0 radical (unpaired) electrons. The van der Waals surface area contributed by atoms with Gasteiger partial charge in [0.1, 0.15) is 0 Å². The number of carbonyl (C=O) groups is 1. The molecule has 2 aliphatic heterocycles. The lowest BCUT2D eigenvalue weighted by Gasteiger charge is -2.40. The second kappa shape index (κ2) is 3.82. The third kappa shape index (κ3) is 1.44. The van der Waals surface area contributed by atoms with Crippen molar-refractivity contribution in [2.24, 2.45) is 0 Å². The summed E-state index contributed by atoms with van der Waals surface area (Å²) in [6.07, 6.45) is 0.929. The smallest absolute Gasteiger partial charge is 0.231 e. The van der Waals surface area contributed by atoms with Crippen LogP contribution < -0.4 is 4.90 Å². The van der Waals surface area contributed by atoms with Crippen LogP contribution in [0.2, 0.25) is 0 Å². The van der Waals surface area contributed by atoms with Crippen molar-refractivity contribution >= 4 is 11.6 Å². The van der Waals surface area contributed by atoms with Crippen LogP contribution in [-0.2, 0) is 21.4 Å². The number of hydrogen-bond donors (Lipinski definition) is 0. The summed E-state index contributed by atoms with van der Waals surface area (Å²) in [5.74, 6) is 0.126. The van der Waals surface area contributed by atoms with Crippen molar-refractivity contribution in [2.45, 2.75) is 18.3 Å². The van der Waals surface area contributed by atoms with E-state index in [2.05, 4.69) is 12.1 Å². The van der Waals surface area contributed by atoms with E-state index in [1.54, 1.807) is 11.9 Å². The molecule has 1 saturated heterocycles. The Bertz CT molecular complexity index is 555. The van der Waals surface area contributed by atoms with E-state index in [1.807, 2.05) is 12.1 Å². The fourth-order valence-corrected chi connectivity index (χ4v) is 2.67. The summed E-state index contributed by atoms with van der Waals surface area (Å²) in [6.45, 7) is 1.20. The Morgan fingerprint density at radius 2 is 2.28 bits per heavy atom. The number of amides is 1. The molecule has 1 aromatic rings. The molecule has 0 N–H and O–H groups in total. The minimum Gasteiger partial charge on any atom is -0.379 e. The van der Waals surface area contributed by atoms with Gasteiger partial charge in [-0.25, -0.2) is 0 Å². The normalized spacial score (nSPS) is 20.2. The number of likely N-dealkylation sites (N-methyl/N-ethyl adjacent to an activating group) is 1. The molecular weight excluding hydrogens is 228 g/mol. The maximum Gasteiger partial charge on any atom is 0.231 e. The summed E-state index contributed by atoms with van der Waals surface area (Å²) in [4.78, 5) is 13.3. The first-order valence-electron chi connectivity index (χ1n) is 6.01. The van der Waals surface area contributed by atoms with Crippen LogP contribution in [0.3, 0.4) is 0 Å².